The second-order valence-electron chi connectivity index (χ2n) is 6.29. The molecule has 1 N–H and O–H groups in total. The summed E-state index contributed by atoms with van der Waals surface area (Å²) < 4.78 is 0. The highest BCUT2D eigenvalue weighted by molar-refractivity contribution is 7.09. The molecule has 1 aromatic carbocycles. The summed E-state index contributed by atoms with van der Waals surface area (Å²) in [6.07, 6.45) is 6.67. The quantitative estimate of drug-likeness (QED) is 0.757. The summed E-state index contributed by atoms with van der Waals surface area (Å²) in [5.74, 6) is 0.890. The zero-order valence-electron chi connectivity index (χ0n) is 12.9. The van der Waals surface area contributed by atoms with Gasteiger partial charge >= 0.3 is 0 Å². The van der Waals surface area contributed by atoms with Crippen LogP contribution in [0.3, 0.4) is 0 Å². The lowest BCUT2D eigenvalue weighted by Crippen LogP contribution is -2.18. The minimum absolute atomic E-state index is 0.627. The normalized spacial score (nSPS) is 22.8. The summed E-state index contributed by atoms with van der Waals surface area (Å²) in [5, 5.41) is 7.00. The van der Waals surface area contributed by atoms with Crippen LogP contribution in [0.25, 0.3) is 11.3 Å². The molecular formula is C18H24N2S. The Morgan fingerprint density at radius 1 is 1.19 bits per heavy atom. The molecule has 0 radical (unpaired) electrons. The number of nitrogens with zero attached hydrogens (tertiary/aromatic N) is 1. The molecule has 0 aliphatic heterocycles. The van der Waals surface area contributed by atoms with Crippen molar-refractivity contribution in [2.75, 3.05) is 5.32 Å². The Balaban J connectivity index is 1.71. The number of thiazole rings is 1. The molecule has 1 saturated carbocycles. The van der Waals surface area contributed by atoms with Crippen LogP contribution >= 0.6 is 11.3 Å². The third kappa shape index (κ3) is 3.85. The van der Waals surface area contributed by atoms with Crippen LogP contribution in [0.2, 0.25) is 0 Å². The van der Waals surface area contributed by atoms with E-state index in [2.05, 4.69) is 53.8 Å². The molecular weight excluding hydrogens is 276 g/mol. The molecule has 2 nitrogen and oxygen atoms in total. The average molecular weight is 300 g/mol. The van der Waals surface area contributed by atoms with Crippen LogP contribution in [0.4, 0.5) is 5.69 Å². The van der Waals surface area contributed by atoms with Crippen molar-refractivity contribution in [2.45, 2.75) is 52.0 Å². The third-order valence-corrected chi connectivity index (χ3v) is 5.18. The van der Waals surface area contributed by atoms with E-state index >= 15 is 0 Å². The fraction of sp³-hybridized carbons (Fsp3) is 0.500. The predicted octanol–water partition coefficient (Wildman–Crippen LogP) is 5.50. The van der Waals surface area contributed by atoms with Crippen molar-refractivity contribution < 1.29 is 0 Å². The molecule has 2 atom stereocenters. The predicted molar refractivity (Wildman–Crippen MR) is 91.9 cm³/mol. The first-order valence-electron chi connectivity index (χ1n) is 8.00. The van der Waals surface area contributed by atoms with Crippen LogP contribution in [0, 0.1) is 12.8 Å². The monoisotopic (exact) mass is 300 g/mol. The topological polar surface area (TPSA) is 24.9 Å². The molecule has 0 amide bonds. The lowest BCUT2D eigenvalue weighted by Gasteiger charge is -2.18. The van der Waals surface area contributed by atoms with Crippen LogP contribution < -0.4 is 5.32 Å². The summed E-state index contributed by atoms with van der Waals surface area (Å²) >= 11 is 1.71. The van der Waals surface area contributed by atoms with Crippen LogP contribution in [0.15, 0.2) is 29.6 Å². The molecule has 3 rings (SSSR count). The van der Waals surface area contributed by atoms with Gasteiger partial charge in [0.25, 0.3) is 0 Å². The van der Waals surface area contributed by atoms with Crippen LogP contribution in [0.1, 0.15) is 44.0 Å². The molecule has 0 saturated heterocycles. The minimum atomic E-state index is 0.627. The first kappa shape index (κ1) is 14.6. The van der Waals surface area contributed by atoms with Crippen LogP contribution in [0.5, 0.6) is 0 Å². The van der Waals surface area contributed by atoms with E-state index in [4.69, 9.17) is 0 Å². The first-order valence-corrected chi connectivity index (χ1v) is 8.88. The summed E-state index contributed by atoms with van der Waals surface area (Å²) in [5.41, 5.74) is 3.54. The molecule has 1 heterocycles. The highest BCUT2D eigenvalue weighted by Gasteiger charge is 2.16. The van der Waals surface area contributed by atoms with E-state index < -0.39 is 0 Å². The maximum absolute atomic E-state index is 4.58. The fourth-order valence-electron chi connectivity index (χ4n) is 3.13. The Morgan fingerprint density at radius 2 is 2.10 bits per heavy atom. The van der Waals surface area contributed by atoms with Gasteiger partial charge in [0.2, 0.25) is 0 Å². The van der Waals surface area contributed by atoms with Crippen molar-refractivity contribution in [3.8, 4) is 11.3 Å². The largest absolute Gasteiger partial charge is 0.382 e. The fourth-order valence-corrected chi connectivity index (χ4v) is 3.75. The third-order valence-electron chi connectivity index (χ3n) is 4.41. The molecule has 0 spiro atoms. The summed E-state index contributed by atoms with van der Waals surface area (Å²) in [6.45, 7) is 4.44. The van der Waals surface area contributed by atoms with Gasteiger partial charge in [0.1, 0.15) is 0 Å². The van der Waals surface area contributed by atoms with E-state index in [-0.39, 0.29) is 0 Å². The van der Waals surface area contributed by atoms with Gasteiger partial charge in [-0.25, -0.2) is 4.98 Å². The maximum atomic E-state index is 4.58. The molecule has 1 aromatic heterocycles. The maximum Gasteiger partial charge on any atom is 0.0901 e. The Morgan fingerprint density at radius 3 is 2.90 bits per heavy atom. The zero-order chi connectivity index (χ0) is 14.7. The van der Waals surface area contributed by atoms with Crippen molar-refractivity contribution >= 4 is 17.0 Å². The van der Waals surface area contributed by atoms with Gasteiger partial charge in [-0.1, -0.05) is 31.9 Å². The Bertz CT molecular complexity index is 590. The second kappa shape index (κ2) is 6.61. The van der Waals surface area contributed by atoms with Gasteiger partial charge in [-0.3, -0.25) is 0 Å². The number of aromatic nitrogens is 1. The van der Waals surface area contributed by atoms with Gasteiger partial charge in [0.15, 0.2) is 0 Å². The summed E-state index contributed by atoms with van der Waals surface area (Å²) in [4.78, 5) is 4.58. The van der Waals surface area contributed by atoms with Crippen LogP contribution in [-0.2, 0) is 0 Å². The Hall–Kier alpha value is -1.35. The SMILES string of the molecule is Cc1nc(-c2cccc(NC3CCCC(C)CC3)c2)cs1. The molecule has 21 heavy (non-hydrogen) atoms. The van der Waals surface area contributed by atoms with E-state index in [9.17, 15) is 0 Å². The highest BCUT2D eigenvalue weighted by Crippen LogP contribution is 2.27. The number of aryl methyl sites for hydroxylation is 1. The number of benzene rings is 1. The van der Waals surface area contributed by atoms with Gasteiger partial charge in [-0.05, 0) is 44.2 Å². The Labute approximate surface area is 131 Å². The molecule has 2 aromatic rings. The van der Waals surface area contributed by atoms with Gasteiger partial charge in [0, 0.05) is 22.7 Å². The lowest BCUT2D eigenvalue weighted by molar-refractivity contribution is 0.502. The van der Waals surface area contributed by atoms with Crippen molar-refractivity contribution in [1.82, 2.24) is 4.98 Å². The van der Waals surface area contributed by atoms with Gasteiger partial charge in [0.05, 0.1) is 10.7 Å². The van der Waals surface area contributed by atoms with E-state index in [0.717, 1.165) is 16.6 Å². The zero-order valence-corrected chi connectivity index (χ0v) is 13.7. The summed E-state index contributed by atoms with van der Waals surface area (Å²) in [6, 6.07) is 9.32. The number of rotatable bonds is 3. The van der Waals surface area contributed by atoms with E-state index in [1.54, 1.807) is 11.3 Å². The molecule has 1 fully saturated rings. The van der Waals surface area contributed by atoms with Gasteiger partial charge in [-0.15, -0.1) is 11.3 Å². The average Bonchev–Trinajstić information content (AvgIpc) is 2.81. The van der Waals surface area contributed by atoms with Crippen molar-refractivity contribution in [1.29, 1.82) is 0 Å². The van der Waals surface area contributed by atoms with Crippen molar-refractivity contribution in [2.24, 2.45) is 5.92 Å². The molecule has 2 unspecified atom stereocenters. The summed E-state index contributed by atoms with van der Waals surface area (Å²) in [7, 11) is 0. The van der Waals surface area contributed by atoms with Gasteiger partial charge < -0.3 is 5.32 Å². The number of nitrogens with one attached hydrogen (secondary N) is 1. The van der Waals surface area contributed by atoms with Crippen molar-refractivity contribution in [3.05, 3.63) is 34.7 Å². The molecule has 112 valence electrons. The standard InChI is InChI=1S/C18H24N2S/c1-13-5-3-7-16(10-9-13)20-17-8-4-6-15(11-17)18-12-21-14(2)19-18/h4,6,8,11-13,16,20H,3,5,7,9-10H2,1-2H3. The van der Waals surface area contributed by atoms with Gasteiger partial charge in [-0.2, -0.15) is 0 Å². The smallest absolute Gasteiger partial charge is 0.0901 e. The molecule has 3 heteroatoms. The minimum Gasteiger partial charge on any atom is -0.382 e. The van der Waals surface area contributed by atoms with E-state index in [1.165, 1.54) is 43.4 Å². The van der Waals surface area contributed by atoms with E-state index in [0.29, 0.717) is 6.04 Å². The molecule has 0 bridgehead atoms. The first-order chi connectivity index (χ1) is 10.2. The highest BCUT2D eigenvalue weighted by atomic mass is 32.1. The van der Waals surface area contributed by atoms with E-state index in [1.807, 2.05) is 0 Å². The Kier molecular flexibility index (Phi) is 4.59. The van der Waals surface area contributed by atoms with Crippen molar-refractivity contribution in [3.63, 3.8) is 0 Å². The molecule has 1 aliphatic rings. The number of anilines is 1. The second-order valence-corrected chi connectivity index (χ2v) is 7.35. The lowest BCUT2D eigenvalue weighted by atomic mass is 10.0. The number of hydrogen-bond donors (Lipinski definition) is 1. The molecule has 1 aliphatic carbocycles. The number of hydrogen-bond acceptors (Lipinski definition) is 3. The van der Waals surface area contributed by atoms with Crippen LogP contribution in [-0.4, -0.2) is 11.0 Å².